The Hall–Kier alpha value is -1.14. The van der Waals surface area contributed by atoms with Gasteiger partial charge in [0.2, 0.25) is 0 Å². The van der Waals surface area contributed by atoms with E-state index in [9.17, 15) is 0 Å². The third-order valence-electron chi connectivity index (χ3n) is 7.15. The van der Waals surface area contributed by atoms with E-state index in [1.54, 1.807) is 0 Å². The van der Waals surface area contributed by atoms with Crippen molar-refractivity contribution in [2.24, 2.45) is 0 Å². The first-order valence-electron chi connectivity index (χ1n) is 12.0. The molecule has 3 nitrogen and oxygen atoms in total. The van der Waals surface area contributed by atoms with Crippen molar-refractivity contribution in [3.05, 3.63) is 42.5 Å². The molecule has 3 heterocycles. The molecule has 0 amide bonds. The summed E-state index contributed by atoms with van der Waals surface area (Å²) in [5, 5.41) is 0. The fourth-order valence-corrected chi connectivity index (χ4v) is 6.93. The van der Waals surface area contributed by atoms with E-state index >= 15 is 0 Å². The highest BCUT2D eigenvalue weighted by molar-refractivity contribution is 8.00. The maximum Gasteiger partial charge on any atom is 0.0564 e. The second kappa shape index (κ2) is 10.2. The van der Waals surface area contributed by atoms with Gasteiger partial charge < -0.3 is 14.7 Å². The summed E-state index contributed by atoms with van der Waals surface area (Å²) in [6.45, 7) is 7.55. The highest BCUT2D eigenvalue weighted by Gasteiger charge is 2.26. The number of nitrogens with zero attached hydrogens (tertiary/aromatic N) is 3. The number of thioether (sulfide) groups is 1. The molecule has 2 fully saturated rings. The third-order valence-corrected chi connectivity index (χ3v) is 9.01. The lowest BCUT2D eigenvalue weighted by Gasteiger charge is -2.40. The van der Waals surface area contributed by atoms with Crippen molar-refractivity contribution in [2.75, 3.05) is 50.4 Å². The summed E-state index contributed by atoms with van der Waals surface area (Å²) < 4.78 is 0. The van der Waals surface area contributed by atoms with Crippen LogP contribution in [0.1, 0.15) is 38.5 Å². The van der Waals surface area contributed by atoms with Gasteiger partial charge in [0, 0.05) is 27.3 Å². The zero-order valence-electron chi connectivity index (χ0n) is 18.8. The Labute approximate surface area is 196 Å². The van der Waals surface area contributed by atoms with Gasteiger partial charge in [0.25, 0.3) is 0 Å². The number of anilines is 2. The standard InChI is InChI=1S/C26H35N3S2/c1-30-22-10-11-26-24(20-22)29(23-8-3-4-9-25(23)31-26)17-7-14-27-18-12-21(13-19-27)28-15-5-2-6-16-28/h3-4,8-11,20-21H,2,5-7,12-19H2,1H3. The van der Waals surface area contributed by atoms with E-state index in [1.807, 2.05) is 23.5 Å². The largest absolute Gasteiger partial charge is 0.340 e. The maximum absolute atomic E-state index is 2.78. The molecule has 5 rings (SSSR count). The van der Waals surface area contributed by atoms with Crippen molar-refractivity contribution in [1.29, 1.82) is 0 Å². The molecule has 0 radical (unpaired) electrons. The lowest BCUT2D eigenvalue weighted by molar-refractivity contribution is 0.0924. The number of piperidine rings is 2. The van der Waals surface area contributed by atoms with Gasteiger partial charge in [0.05, 0.1) is 11.4 Å². The molecule has 2 aromatic carbocycles. The van der Waals surface area contributed by atoms with Crippen LogP contribution in [0.25, 0.3) is 0 Å². The Kier molecular flexibility index (Phi) is 7.14. The van der Waals surface area contributed by atoms with E-state index in [2.05, 4.69) is 63.4 Å². The summed E-state index contributed by atoms with van der Waals surface area (Å²) in [7, 11) is 0. The number of para-hydroxylation sites is 1. The second-order valence-electron chi connectivity index (χ2n) is 9.08. The van der Waals surface area contributed by atoms with Crippen LogP contribution in [-0.4, -0.2) is 61.4 Å². The number of likely N-dealkylation sites (tertiary alicyclic amines) is 2. The van der Waals surface area contributed by atoms with Gasteiger partial charge in [0.15, 0.2) is 0 Å². The Morgan fingerprint density at radius 1 is 0.871 bits per heavy atom. The minimum Gasteiger partial charge on any atom is -0.340 e. The fraction of sp³-hybridized carbons (Fsp3) is 0.538. The normalized spacial score (nSPS) is 20.5. The maximum atomic E-state index is 2.78. The molecule has 0 atom stereocenters. The number of fused-ring (bicyclic) bond motifs is 2. The molecule has 5 heteroatoms. The van der Waals surface area contributed by atoms with Crippen LogP contribution in [0.15, 0.2) is 57.2 Å². The van der Waals surface area contributed by atoms with Crippen molar-refractivity contribution in [2.45, 2.75) is 59.3 Å². The van der Waals surface area contributed by atoms with Crippen molar-refractivity contribution in [3.63, 3.8) is 0 Å². The van der Waals surface area contributed by atoms with Gasteiger partial charge in [-0.2, -0.15) is 0 Å². The SMILES string of the molecule is CSc1ccc2c(c1)N(CCCN1CCC(N3CCCCC3)CC1)c1ccccc1S2. The quantitative estimate of drug-likeness (QED) is 0.470. The molecule has 3 aliphatic heterocycles. The highest BCUT2D eigenvalue weighted by atomic mass is 32.2. The van der Waals surface area contributed by atoms with Crippen LogP contribution in [0.5, 0.6) is 0 Å². The summed E-state index contributed by atoms with van der Waals surface area (Å²) in [4.78, 5) is 12.2. The van der Waals surface area contributed by atoms with Gasteiger partial charge in [-0.15, -0.1) is 11.8 Å². The van der Waals surface area contributed by atoms with Crippen molar-refractivity contribution >= 4 is 34.9 Å². The molecule has 0 bridgehead atoms. The molecule has 0 N–H and O–H groups in total. The average Bonchev–Trinajstić information content (AvgIpc) is 2.84. The second-order valence-corrected chi connectivity index (χ2v) is 11.0. The zero-order valence-corrected chi connectivity index (χ0v) is 20.4. The minimum absolute atomic E-state index is 0.847. The Balaban J connectivity index is 1.20. The molecule has 0 aromatic heterocycles. The smallest absolute Gasteiger partial charge is 0.0564 e. The van der Waals surface area contributed by atoms with Gasteiger partial charge in [-0.1, -0.05) is 30.3 Å². The minimum atomic E-state index is 0.847. The molecule has 166 valence electrons. The topological polar surface area (TPSA) is 9.72 Å². The van der Waals surface area contributed by atoms with Gasteiger partial charge in [-0.05, 0) is 101 Å². The van der Waals surface area contributed by atoms with Gasteiger partial charge in [-0.25, -0.2) is 0 Å². The summed E-state index contributed by atoms with van der Waals surface area (Å²) in [6, 6.07) is 16.7. The van der Waals surface area contributed by atoms with Crippen LogP contribution >= 0.6 is 23.5 Å². The van der Waals surface area contributed by atoms with E-state index in [1.165, 1.54) is 97.3 Å². The lowest BCUT2D eigenvalue weighted by Crippen LogP contribution is -2.47. The molecule has 3 aliphatic rings. The molecule has 0 saturated carbocycles. The molecule has 0 aliphatic carbocycles. The number of hydrogen-bond acceptors (Lipinski definition) is 5. The average molecular weight is 454 g/mol. The van der Waals surface area contributed by atoms with E-state index in [4.69, 9.17) is 0 Å². The summed E-state index contributed by atoms with van der Waals surface area (Å²) in [5.74, 6) is 0. The number of hydrogen-bond donors (Lipinski definition) is 0. The molecular formula is C26H35N3S2. The van der Waals surface area contributed by atoms with Crippen molar-refractivity contribution in [3.8, 4) is 0 Å². The fourth-order valence-electron chi connectivity index (χ4n) is 5.42. The zero-order chi connectivity index (χ0) is 21.0. The Morgan fingerprint density at radius 3 is 2.45 bits per heavy atom. The molecule has 0 unspecified atom stereocenters. The summed E-state index contributed by atoms with van der Waals surface area (Å²) in [5.41, 5.74) is 2.77. The predicted octanol–water partition coefficient (Wildman–Crippen LogP) is 6.35. The van der Waals surface area contributed by atoms with Gasteiger partial charge in [0.1, 0.15) is 0 Å². The van der Waals surface area contributed by atoms with Crippen LogP contribution in [0, 0.1) is 0 Å². The molecule has 31 heavy (non-hydrogen) atoms. The van der Waals surface area contributed by atoms with E-state index in [-0.39, 0.29) is 0 Å². The number of rotatable bonds is 6. The van der Waals surface area contributed by atoms with Gasteiger partial charge in [-0.3, -0.25) is 0 Å². The lowest BCUT2D eigenvalue weighted by atomic mass is 10.00. The van der Waals surface area contributed by atoms with Crippen LogP contribution in [0.3, 0.4) is 0 Å². The first-order valence-corrected chi connectivity index (χ1v) is 14.0. The van der Waals surface area contributed by atoms with E-state index in [0.717, 1.165) is 12.6 Å². The Bertz CT molecular complexity index is 873. The Morgan fingerprint density at radius 2 is 1.65 bits per heavy atom. The van der Waals surface area contributed by atoms with Crippen molar-refractivity contribution in [1.82, 2.24) is 9.80 Å². The highest BCUT2D eigenvalue weighted by Crippen LogP contribution is 2.48. The van der Waals surface area contributed by atoms with Crippen LogP contribution in [0.2, 0.25) is 0 Å². The van der Waals surface area contributed by atoms with Crippen LogP contribution in [-0.2, 0) is 0 Å². The molecule has 2 saturated heterocycles. The van der Waals surface area contributed by atoms with Crippen LogP contribution in [0.4, 0.5) is 11.4 Å². The first kappa shape index (κ1) is 21.7. The van der Waals surface area contributed by atoms with Crippen molar-refractivity contribution < 1.29 is 0 Å². The van der Waals surface area contributed by atoms with E-state index in [0.29, 0.717) is 0 Å². The molecule has 0 spiro atoms. The summed E-state index contributed by atoms with van der Waals surface area (Å²) >= 11 is 3.75. The predicted molar refractivity (Wildman–Crippen MR) is 135 cm³/mol. The summed E-state index contributed by atoms with van der Waals surface area (Å²) in [6.07, 6.45) is 10.4. The monoisotopic (exact) mass is 453 g/mol. The first-order chi connectivity index (χ1) is 15.3. The van der Waals surface area contributed by atoms with Gasteiger partial charge >= 0.3 is 0 Å². The van der Waals surface area contributed by atoms with E-state index < -0.39 is 0 Å². The third kappa shape index (κ3) is 4.95. The molecule has 2 aromatic rings. The van der Waals surface area contributed by atoms with Crippen LogP contribution < -0.4 is 4.90 Å². The number of benzene rings is 2. The molecular weight excluding hydrogens is 418 g/mol.